The van der Waals surface area contributed by atoms with Crippen LogP contribution >= 0.6 is 0 Å². The number of nitrogens with zero attached hydrogens (tertiary/aromatic N) is 2. The lowest BCUT2D eigenvalue weighted by Gasteiger charge is -2.40. The van der Waals surface area contributed by atoms with Crippen molar-refractivity contribution in [2.24, 2.45) is 0 Å². The number of piperidine rings is 1. The molecule has 1 aromatic heterocycles. The van der Waals surface area contributed by atoms with E-state index in [1.165, 1.54) is 16.4 Å². The van der Waals surface area contributed by atoms with E-state index >= 15 is 0 Å². The maximum Gasteiger partial charge on any atom is 0.266 e. The first-order valence-electron chi connectivity index (χ1n) is 10.6. The number of sulfonamides is 1. The number of carbonyl (C=O) groups is 1. The van der Waals surface area contributed by atoms with E-state index in [2.05, 4.69) is 4.98 Å². The third-order valence-electron chi connectivity index (χ3n) is 6.47. The minimum Gasteiger partial charge on any atom is -0.381 e. The molecule has 2 fully saturated rings. The van der Waals surface area contributed by atoms with E-state index in [0.717, 1.165) is 16.8 Å². The first-order chi connectivity index (χ1) is 15.4. The summed E-state index contributed by atoms with van der Waals surface area (Å²) in [5.41, 5.74) is 3.96. The van der Waals surface area contributed by atoms with E-state index in [4.69, 9.17) is 4.74 Å². The number of hydrogen-bond donors (Lipinski definition) is 2. The first-order valence-corrected chi connectivity index (χ1v) is 12.1. The van der Waals surface area contributed by atoms with E-state index in [0.29, 0.717) is 12.8 Å². The summed E-state index contributed by atoms with van der Waals surface area (Å²) in [5, 5.41) is 9.17. The molecule has 2 aromatic rings. The Balaban J connectivity index is 1.46. The van der Waals surface area contributed by atoms with Crippen molar-refractivity contribution < 1.29 is 27.5 Å². The maximum absolute atomic E-state index is 13.5. The highest BCUT2D eigenvalue weighted by atomic mass is 32.2. The SMILES string of the molecule is O=C(NO)C1(S(=O)(=O)N2CCC(c3ccc(-c4cccc(F)c4)cn3)CC2)CCOCC1. The van der Waals surface area contributed by atoms with Gasteiger partial charge in [0.15, 0.2) is 4.75 Å². The number of aromatic nitrogens is 1. The van der Waals surface area contributed by atoms with Crippen LogP contribution in [0.5, 0.6) is 0 Å². The van der Waals surface area contributed by atoms with Gasteiger partial charge in [-0.05, 0) is 36.6 Å². The molecule has 2 aliphatic rings. The van der Waals surface area contributed by atoms with Crippen LogP contribution in [0.25, 0.3) is 11.1 Å². The Hall–Kier alpha value is -2.40. The molecule has 0 atom stereocenters. The van der Waals surface area contributed by atoms with Crippen LogP contribution in [0.4, 0.5) is 4.39 Å². The van der Waals surface area contributed by atoms with Crippen molar-refractivity contribution in [1.82, 2.24) is 14.8 Å². The Bertz CT molecular complexity index is 1060. The van der Waals surface area contributed by atoms with Gasteiger partial charge in [0.05, 0.1) is 0 Å². The molecule has 0 radical (unpaired) electrons. The van der Waals surface area contributed by atoms with Crippen molar-refractivity contribution in [3.05, 3.63) is 54.1 Å². The maximum atomic E-state index is 13.5. The molecular formula is C22H26FN3O5S. The molecule has 0 bridgehead atoms. The van der Waals surface area contributed by atoms with Gasteiger partial charge in [0, 0.05) is 62.5 Å². The monoisotopic (exact) mass is 463 g/mol. The fourth-order valence-corrected chi connectivity index (χ4v) is 6.68. The van der Waals surface area contributed by atoms with E-state index in [9.17, 15) is 22.8 Å². The average molecular weight is 464 g/mol. The molecule has 1 amide bonds. The van der Waals surface area contributed by atoms with E-state index in [-0.39, 0.29) is 50.9 Å². The summed E-state index contributed by atoms with van der Waals surface area (Å²) in [5.74, 6) is -1.13. The molecule has 0 saturated carbocycles. The predicted octanol–water partition coefficient (Wildman–Crippen LogP) is 2.45. The van der Waals surface area contributed by atoms with Gasteiger partial charge in [-0.3, -0.25) is 15.0 Å². The highest BCUT2D eigenvalue weighted by Crippen LogP contribution is 2.36. The van der Waals surface area contributed by atoms with E-state index < -0.39 is 20.7 Å². The van der Waals surface area contributed by atoms with Gasteiger partial charge in [0.2, 0.25) is 10.0 Å². The van der Waals surface area contributed by atoms with Crippen LogP contribution in [0.1, 0.15) is 37.3 Å². The molecule has 2 saturated heterocycles. The minimum absolute atomic E-state index is 0.00472. The molecule has 2 aliphatic heterocycles. The molecule has 32 heavy (non-hydrogen) atoms. The lowest BCUT2D eigenvalue weighted by Crippen LogP contribution is -2.60. The van der Waals surface area contributed by atoms with Crippen LogP contribution in [0.2, 0.25) is 0 Å². The van der Waals surface area contributed by atoms with Gasteiger partial charge in [-0.2, -0.15) is 0 Å². The molecule has 0 unspecified atom stereocenters. The van der Waals surface area contributed by atoms with E-state index in [1.54, 1.807) is 17.7 Å². The number of nitrogens with one attached hydrogen (secondary N) is 1. The van der Waals surface area contributed by atoms with Crippen molar-refractivity contribution in [1.29, 1.82) is 0 Å². The van der Waals surface area contributed by atoms with Crippen molar-refractivity contribution in [2.75, 3.05) is 26.3 Å². The third-order valence-corrected chi connectivity index (χ3v) is 9.09. The van der Waals surface area contributed by atoms with Gasteiger partial charge in [-0.25, -0.2) is 22.6 Å². The Kier molecular flexibility index (Phi) is 6.57. The molecule has 0 aliphatic carbocycles. The van der Waals surface area contributed by atoms with Crippen LogP contribution in [-0.4, -0.2) is 59.9 Å². The largest absolute Gasteiger partial charge is 0.381 e. The van der Waals surface area contributed by atoms with Crippen LogP contribution in [0.15, 0.2) is 42.6 Å². The summed E-state index contributed by atoms with van der Waals surface area (Å²) in [7, 11) is -3.99. The zero-order valence-corrected chi connectivity index (χ0v) is 18.4. The fraction of sp³-hybridized carbons (Fsp3) is 0.455. The molecule has 2 N–H and O–H groups in total. The van der Waals surface area contributed by atoms with Crippen LogP contribution < -0.4 is 5.48 Å². The topological polar surface area (TPSA) is 109 Å². The molecule has 0 spiro atoms. The minimum atomic E-state index is -3.99. The first kappa shape index (κ1) is 22.8. The second-order valence-electron chi connectivity index (χ2n) is 8.21. The van der Waals surface area contributed by atoms with Gasteiger partial charge < -0.3 is 4.74 Å². The quantitative estimate of drug-likeness (QED) is 0.521. The van der Waals surface area contributed by atoms with Crippen LogP contribution in [-0.2, 0) is 19.6 Å². The summed E-state index contributed by atoms with van der Waals surface area (Å²) in [4.78, 5) is 16.9. The van der Waals surface area contributed by atoms with Crippen molar-refractivity contribution >= 4 is 15.9 Å². The lowest BCUT2D eigenvalue weighted by atomic mass is 9.93. The van der Waals surface area contributed by atoms with Gasteiger partial charge >= 0.3 is 0 Å². The summed E-state index contributed by atoms with van der Waals surface area (Å²) in [6, 6.07) is 10.1. The highest BCUT2D eigenvalue weighted by molar-refractivity contribution is 7.91. The Morgan fingerprint density at radius 2 is 1.88 bits per heavy atom. The molecule has 10 heteroatoms. The van der Waals surface area contributed by atoms with Crippen molar-refractivity contribution in [3.8, 4) is 11.1 Å². The molecule has 8 nitrogen and oxygen atoms in total. The number of carbonyl (C=O) groups excluding carboxylic acids is 1. The second kappa shape index (κ2) is 9.22. The van der Waals surface area contributed by atoms with E-state index in [1.807, 2.05) is 18.2 Å². The number of hydroxylamine groups is 1. The Labute approximate surface area is 186 Å². The predicted molar refractivity (Wildman–Crippen MR) is 115 cm³/mol. The Morgan fingerprint density at radius 3 is 2.47 bits per heavy atom. The summed E-state index contributed by atoms with van der Waals surface area (Å²) >= 11 is 0. The average Bonchev–Trinajstić information content (AvgIpc) is 2.84. The van der Waals surface area contributed by atoms with Crippen molar-refractivity contribution in [2.45, 2.75) is 36.3 Å². The molecule has 4 rings (SSSR count). The number of pyridine rings is 1. The highest BCUT2D eigenvalue weighted by Gasteiger charge is 2.54. The third kappa shape index (κ3) is 4.15. The normalized spacial score (nSPS) is 20.1. The van der Waals surface area contributed by atoms with Gasteiger partial charge in [-0.1, -0.05) is 18.2 Å². The summed E-state index contributed by atoms with van der Waals surface area (Å²) < 4.78 is 45.1. The number of halogens is 1. The van der Waals surface area contributed by atoms with Crippen molar-refractivity contribution in [3.63, 3.8) is 0 Å². The number of benzene rings is 1. The summed E-state index contributed by atoms with van der Waals surface area (Å²) in [6.07, 6.45) is 2.85. The zero-order chi connectivity index (χ0) is 22.8. The van der Waals surface area contributed by atoms with Crippen LogP contribution in [0.3, 0.4) is 0 Å². The molecule has 1 aromatic carbocycles. The fourth-order valence-electron chi connectivity index (χ4n) is 4.53. The molecular weight excluding hydrogens is 437 g/mol. The molecule has 3 heterocycles. The number of amides is 1. The van der Waals surface area contributed by atoms with Gasteiger partial charge in [0.25, 0.3) is 5.91 Å². The zero-order valence-electron chi connectivity index (χ0n) is 17.5. The van der Waals surface area contributed by atoms with Gasteiger partial charge in [-0.15, -0.1) is 0 Å². The summed E-state index contributed by atoms with van der Waals surface area (Å²) in [6.45, 7) is 0.818. The van der Waals surface area contributed by atoms with Crippen LogP contribution in [0, 0.1) is 5.82 Å². The lowest BCUT2D eigenvalue weighted by molar-refractivity contribution is -0.134. The smallest absolute Gasteiger partial charge is 0.266 e. The standard InChI is InChI=1S/C22H26FN3O5S/c23-19-3-1-2-17(14-19)18-4-5-20(24-15-18)16-6-10-26(11-7-16)32(29,30)22(21(27)25-28)8-12-31-13-9-22/h1-5,14-16,28H,6-13H2,(H,25,27). The molecule has 172 valence electrons. The van der Waals surface area contributed by atoms with Gasteiger partial charge in [0.1, 0.15) is 5.82 Å². The Morgan fingerprint density at radius 1 is 1.16 bits per heavy atom. The number of rotatable bonds is 5. The second-order valence-corrected chi connectivity index (χ2v) is 10.5. The number of hydrogen-bond acceptors (Lipinski definition) is 6. The number of ether oxygens (including phenoxy) is 1.